The van der Waals surface area contributed by atoms with Crippen molar-refractivity contribution >= 4 is 18.2 Å². The summed E-state index contributed by atoms with van der Waals surface area (Å²) in [5, 5.41) is 0. The van der Waals surface area contributed by atoms with Gasteiger partial charge in [-0.25, -0.2) is 9.97 Å². The number of halogens is 1. The largest absolute Gasteiger partial charge is 0.383 e. The lowest BCUT2D eigenvalue weighted by Crippen LogP contribution is -1.96. The van der Waals surface area contributed by atoms with Crippen molar-refractivity contribution in [2.75, 3.05) is 5.73 Å². The second kappa shape index (κ2) is 4.06. The second-order valence-electron chi connectivity index (χ2n) is 1.79. The first-order valence-corrected chi connectivity index (χ1v) is 2.89. The molecule has 3 nitrogen and oxygen atoms in total. The minimum Gasteiger partial charge on any atom is -0.383 e. The van der Waals surface area contributed by atoms with Crippen LogP contribution in [0.2, 0.25) is 0 Å². The summed E-state index contributed by atoms with van der Waals surface area (Å²) in [6.45, 7) is 2.02. The molecule has 0 radical (unpaired) electrons. The fourth-order valence-corrected chi connectivity index (χ4v) is 0.640. The third kappa shape index (κ3) is 1.84. The van der Waals surface area contributed by atoms with E-state index in [0.717, 1.165) is 12.0 Å². The molecule has 0 aliphatic rings. The molecule has 0 fully saturated rings. The highest BCUT2D eigenvalue weighted by molar-refractivity contribution is 5.85. The molecule has 1 aromatic heterocycles. The maximum Gasteiger partial charge on any atom is 0.129 e. The van der Waals surface area contributed by atoms with E-state index in [1.54, 1.807) is 6.20 Å². The maximum absolute atomic E-state index is 5.48. The monoisotopic (exact) mass is 159 g/mol. The van der Waals surface area contributed by atoms with Gasteiger partial charge in [-0.2, -0.15) is 0 Å². The van der Waals surface area contributed by atoms with Crippen molar-refractivity contribution in [3.63, 3.8) is 0 Å². The van der Waals surface area contributed by atoms with Crippen LogP contribution in [0, 0.1) is 0 Å². The van der Waals surface area contributed by atoms with Crippen molar-refractivity contribution < 1.29 is 0 Å². The first-order valence-electron chi connectivity index (χ1n) is 2.89. The van der Waals surface area contributed by atoms with Crippen LogP contribution in [-0.2, 0) is 6.42 Å². The Morgan fingerprint density at radius 3 is 2.70 bits per heavy atom. The number of anilines is 1. The van der Waals surface area contributed by atoms with Crippen molar-refractivity contribution in [3.8, 4) is 0 Å². The topological polar surface area (TPSA) is 51.8 Å². The number of aromatic nitrogens is 2. The molecular formula is C6H10ClN3. The smallest absolute Gasteiger partial charge is 0.129 e. The molecule has 10 heavy (non-hydrogen) atoms. The number of nitrogens with zero attached hydrogens (tertiary/aromatic N) is 2. The van der Waals surface area contributed by atoms with E-state index >= 15 is 0 Å². The third-order valence-electron chi connectivity index (χ3n) is 1.20. The number of aryl methyl sites for hydroxylation is 1. The first-order chi connectivity index (χ1) is 4.34. The summed E-state index contributed by atoms with van der Waals surface area (Å²) in [7, 11) is 0. The molecule has 1 rings (SSSR count). The highest BCUT2D eigenvalue weighted by Crippen LogP contribution is 2.03. The van der Waals surface area contributed by atoms with Crippen molar-refractivity contribution in [1.29, 1.82) is 0 Å². The summed E-state index contributed by atoms with van der Waals surface area (Å²) in [5.41, 5.74) is 6.49. The normalized spacial score (nSPS) is 8.50. The van der Waals surface area contributed by atoms with Crippen molar-refractivity contribution in [3.05, 3.63) is 18.1 Å². The highest BCUT2D eigenvalue weighted by atomic mass is 35.5. The Kier molecular flexibility index (Phi) is 3.72. The first kappa shape index (κ1) is 9.17. The van der Waals surface area contributed by atoms with E-state index in [0.29, 0.717) is 5.82 Å². The Morgan fingerprint density at radius 2 is 2.30 bits per heavy atom. The van der Waals surface area contributed by atoms with Crippen LogP contribution in [0.15, 0.2) is 12.5 Å². The van der Waals surface area contributed by atoms with Crippen molar-refractivity contribution in [1.82, 2.24) is 9.97 Å². The predicted octanol–water partition coefficient (Wildman–Crippen LogP) is 1.04. The zero-order valence-corrected chi connectivity index (χ0v) is 6.56. The van der Waals surface area contributed by atoms with E-state index in [1.165, 1.54) is 6.33 Å². The van der Waals surface area contributed by atoms with Crippen LogP contribution in [0.25, 0.3) is 0 Å². The Labute approximate surface area is 66.1 Å². The Balaban J connectivity index is 0.000000810. The van der Waals surface area contributed by atoms with Crippen LogP contribution in [0.4, 0.5) is 5.82 Å². The quantitative estimate of drug-likeness (QED) is 0.666. The van der Waals surface area contributed by atoms with Crippen molar-refractivity contribution in [2.45, 2.75) is 13.3 Å². The van der Waals surface area contributed by atoms with Gasteiger partial charge < -0.3 is 5.73 Å². The summed E-state index contributed by atoms with van der Waals surface area (Å²) >= 11 is 0. The van der Waals surface area contributed by atoms with Crippen LogP contribution in [0.1, 0.15) is 12.5 Å². The zero-order valence-electron chi connectivity index (χ0n) is 5.74. The van der Waals surface area contributed by atoms with Gasteiger partial charge in [0.2, 0.25) is 0 Å². The molecule has 0 unspecified atom stereocenters. The van der Waals surface area contributed by atoms with E-state index in [4.69, 9.17) is 5.73 Å². The maximum atomic E-state index is 5.48. The van der Waals surface area contributed by atoms with Crippen molar-refractivity contribution in [2.24, 2.45) is 0 Å². The number of rotatable bonds is 1. The van der Waals surface area contributed by atoms with Gasteiger partial charge in [0.25, 0.3) is 0 Å². The van der Waals surface area contributed by atoms with E-state index < -0.39 is 0 Å². The number of nitrogens with two attached hydrogens (primary N) is 1. The SMILES string of the molecule is CCc1cncnc1N.Cl. The summed E-state index contributed by atoms with van der Waals surface area (Å²) in [6, 6.07) is 0. The van der Waals surface area contributed by atoms with Gasteiger partial charge in [0.05, 0.1) is 0 Å². The fourth-order valence-electron chi connectivity index (χ4n) is 0.640. The molecule has 0 aliphatic heterocycles. The molecule has 0 spiro atoms. The predicted molar refractivity (Wildman–Crippen MR) is 43.1 cm³/mol. The summed E-state index contributed by atoms with van der Waals surface area (Å²) in [6.07, 6.45) is 4.09. The molecule has 56 valence electrons. The van der Waals surface area contributed by atoms with Gasteiger partial charge in [-0.05, 0) is 6.42 Å². The van der Waals surface area contributed by atoms with Gasteiger partial charge >= 0.3 is 0 Å². The van der Waals surface area contributed by atoms with Gasteiger partial charge in [0.1, 0.15) is 12.1 Å². The van der Waals surface area contributed by atoms with Crippen LogP contribution in [0.3, 0.4) is 0 Å². The van der Waals surface area contributed by atoms with E-state index in [-0.39, 0.29) is 12.4 Å². The average Bonchev–Trinajstić information content (AvgIpc) is 1.89. The highest BCUT2D eigenvalue weighted by Gasteiger charge is 1.93. The average molecular weight is 160 g/mol. The van der Waals surface area contributed by atoms with Gasteiger partial charge in [-0.15, -0.1) is 12.4 Å². The Morgan fingerprint density at radius 1 is 1.60 bits per heavy atom. The van der Waals surface area contributed by atoms with Gasteiger partial charge in [-0.3, -0.25) is 0 Å². The Hall–Kier alpha value is -0.830. The zero-order chi connectivity index (χ0) is 6.69. The van der Waals surface area contributed by atoms with E-state index in [1.807, 2.05) is 6.92 Å². The molecule has 1 aromatic rings. The van der Waals surface area contributed by atoms with Crippen LogP contribution < -0.4 is 5.73 Å². The molecule has 0 saturated heterocycles. The van der Waals surface area contributed by atoms with E-state index in [2.05, 4.69) is 9.97 Å². The number of hydrogen-bond acceptors (Lipinski definition) is 3. The molecule has 0 saturated carbocycles. The van der Waals surface area contributed by atoms with Crippen LogP contribution in [-0.4, -0.2) is 9.97 Å². The molecule has 0 aromatic carbocycles. The fraction of sp³-hybridized carbons (Fsp3) is 0.333. The van der Waals surface area contributed by atoms with Crippen LogP contribution >= 0.6 is 12.4 Å². The summed E-state index contributed by atoms with van der Waals surface area (Å²) in [4.78, 5) is 7.64. The molecule has 0 amide bonds. The Bertz CT molecular complexity index is 202. The molecule has 4 heteroatoms. The second-order valence-corrected chi connectivity index (χ2v) is 1.79. The lowest BCUT2D eigenvalue weighted by Gasteiger charge is -1.96. The lowest BCUT2D eigenvalue weighted by molar-refractivity contribution is 1.05. The molecule has 0 atom stereocenters. The lowest BCUT2D eigenvalue weighted by atomic mass is 10.2. The molecular weight excluding hydrogens is 150 g/mol. The third-order valence-corrected chi connectivity index (χ3v) is 1.20. The molecule has 1 heterocycles. The number of nitrogen functional groups attached to an aromatic ring is 1. The van der Waals surface area contributed by atoms with Gasteiger partial charge in [0.15, 0.2) is 0 Å². The standard InChI is InChI=1S/C6H9N3.ClH/c1-2-5-3-8-4-9-6(5)7;/h3-4H,2H2,1H3,(H2,7,8,9);1H. The van der Waals surface area contributed by atoms with Gasteiger partial charge in [0, 0.05) is 11.8 Å². The molecule has 2 N–H and O–H groups in total. The van der Waals surface area contributed by atoms with Gasteiger partial charge in [-0.1, -0.05) is 6.92 Å². The van der Waals surface area contributed by atoms with Crippen LogP contribution in [0.5, 0.6) is 0 Å². The molecule has 0 aliphatic carbocycles. The minimum absolute atomic E-state index is 0. The minimum atomic E-state index is 0. The number of hydrogen-bond donors (Lipinski definition) is 1. The summed E-state index contributed by atoms with van der Waals surface area (Å²) in [5.74, 6) is 0.590. The molecule has 0 bridgehead atoms. The van der Waals surface area contributed by atoms with E-state index in [9.17, 15) is 0 Å². The summed E-state index contributed by atoms with van der Waals surface area (Å²) < 4.78 is 0.